The van der Waals surface area contributed by atoms with E-state index in [1.165, 1.54) is 0 Å². The lowest BCUT2D eigenvalue weighted by Gasteiger charge is -2.25. The monoisotopic (exact) mass is 726 g/mol. The molecule has 0 aromatic heterocycles. The predicted molar refractivity (Wildman–Crippen MR) is 171 cm³/mol. The van der Waals surface area contributed by atoms with Crippen molar-refractivity contribution in [2.45, 2.75) is 49.5 Å². The molecule has 22 nitrogen and oxygen atoms in total. The first-order valence-electron chi connectivity index (χ1n) is 15.2. The van der Waals surface area contributed by atoms with Crippen LogP contribution < -0.4 is 43.0 Å². The zero-order valence-corrected chi connectivity index (χ0v) is 27.1. The molecule has 51 heavy (non-hydrogen) atoms. The van der Waals surface area contributed by atoms with Gasteiger partial charge in [0.05, 0.1) is 32.9 Å². The molecule has 14 N–H and O–H groups in total. The zero-order chi connectivity index (χ0) is 38.5. The Bertz CT molecular complexity index is 1400. The molecule has 0 radical (unpaired) electrons. The normalized spacial score (nSPS) is 13.5. The molecule has 5 atom stereocenters. The average molecular weight is 727 g/mol. The highest BCUT2D eigenvalue weighted by atomic mass is 16.4. The first-order valence-corrected chi connectivity index (χ1v) is 15.2. The van der Waals surface area contributed by atoms with Crippen LogP contribution in [-0.4, -0.2) is 148 Å². The van der Waals surface area contributed by atoms with Gasteiger partial charge in [0.2, 0.25) is 41.4 Å². The SMILES string of the molecule is NC(CO)C(=O)NC(Cc1ccccc1)C(=O)NC(CCC(=O)O)C(=O)NC(CO)C(=O)NCC(=O)NC(CO)C(=O)NCC(=O)NCC(=O)O. The summed E-state index contributed by atoms with van der Waals surface area (Å²) in [5.41, 5.74) is 6.12. The van der Waals surface area contributed by atoms with E-state index in [4.69, 9.17) is 10.8 Å². The Labute approximate surface area is 289 Å². The Morgan fingerprint density at radius 2 is 1.06 bits per heavy atom. The summed E-state index contributed by atoms with van der Waals surface area (Å²) in [7, 11) is 0. The molecule has 0 aliphatic rings. The van der Waals surface area contributed by atoms with E-state index in [0.29, 0.717) is 5.56 Å². The molecule has 0 fully saturated rings. The maximum absolute atomic E-state index is 13.3. The van der Waals surface area contributed by atoms with Crippen LogP contribution in [0.15, 0.2) is 30.3 Å². The molecule has 0 saturated heterocycles. The predicted octanol–water partition coefficient (Wildman–Crippen LogP) is -7.23. The Balaban J connectivity index is 2.91. The Morgan fingerprint density at radius 3 is 1.59 bits per heavy atom. The summed E-state index contributed by atoms with van der Waals surface area (Å²) >= 11 is 0. The van der Waals surface area contributed by atoms with Crippen molar-refractivity contribution in [2.24, 2.45) is 5.73 Å². The maximum Gasteiger partial charge on any atom is 0.322 e. The van der Waals surface area contributed by atoms with Gasteiger partial charge < -0.3 is 68.5 Å². The number of amides is 7. The van der Waals surface area contributed by atoms with E-state index in [2.05, 4.69) is 31.9 Å². The van der Waals surface area contributed by atoms with Crippen molar-refractivity contribution >= 4 is 53.3 Å². The van der Waals surface area contributed by atoms with Gasteiger partial charge in [-0.25, -0.2) is 0 Å². The number of hydrogen-bond donors (Lipinski definition) is 13. The number of aliphatic carboxylic acids is 2. The smallest absolute Gasteiger partial charge is 0.322 e. The summed E-state index contributed by atoms with van der Waals surface area (Å²) in [4.78, 5) is 109. The number of carboxylic acids is 2. The lowest BCUT2D eigenvalue weighted by atomic mass is 10.0. The van der Waals surface area contributed by atoms with Crippen LogP contribution in [0.4, 0.5) is 0 Å². The minimum Gasteiger partial charge on any atom is -0.481 e. The number of benzene rings is 1. The number of aliphatic hydroxyl groups is 3. The minimum absolute atomic E-state index is 0.103. The standard InChI is InChI=1S/C29H42N8O14/c30-16(12-38)25(47)36-18(8-15-4-2-1-3-5-15)29(51)35-17(6-7-23(43)44)28(50)37-20(14-40)27(49)33-10-22(42)34-19(13-39)26(48)32-9-21(41)31-11-24(45)46/h1-5,16-20,38-40H,6-14,30H2,(H,31,41)(H,32,48)(H,33,49)(H,34,42)(H,35,51)(H,36,47)(H,37,50)(H,43,44)(H,45,46). The molecular formula is C29H42N8O14. The van der Waals surface area contributed by atoms with E-state index in [1.807, 2.05) is 5.32 Å². The van der Waals surface area contributed by atoms with E-state index in [9.17, 15) is 63.6 Å². The number of rotatable bonds is 23. The van der Waals surface area contributed by atoms with E-state index in [-0.39, 0.29) is 6.42 Å². The summed E-state index contributed by atoms with van der Waals surface area (Å²) in [6.07, 6.45) is -1.23. The molecule has 0 aliphatic heterocycles. The fourth-order valence-corrected chi connectivity index (χ4v) is 3.95. The molecule has 0 spiro atoms. The molecule has 7 amide bonds. The van der Waals surface area contributed by atoms with E-state index < -0.39 is 136 Å². The third-order valence-corrected chi connectivity index (χ3v) is 6.66. The van der Waals surface area contributed by atoms with E-state index in [0.717, 1.165) is 0 Å². The number of carbonyl (C=O) groups excluding carboxylic acids is 7. The fraction of sp³-hybridized carbons (Fsp3) is 0.483. The van der Waals surface area contributed by atoms with Gasteiger partial charge in [0.25, 0.3) is 0 Å². The van der Waals surface area contributed by atoms with Gasteiger partial charge in [0.15, 0.2) is 0 Å². The molecule has 282 valence electrons. The van der Waals surface area contributed by atoms with Crippen LogP contribution in [-0.2, 0) is 49.6 Å². The first-order chi connectivity index (χ1) is 24.1. The van der Waals surface area contributed by atoms with Gasteiger partial charge in [-0.1, -0.05) is 30.3 Å². The van der Waals surface area contributed by atoms with E-state index >= 15 is 0 Å². The van der Waals surface area contributed by atoms with Gasteiger partial charge in [-0.05, 0) is 12.0 Å². The minimum atomic E-state index is -1.74. The summed E-state index contributed by atoms with van der Waals surface area (Å²) in [6.45, 7) is -4.94. The van der Waals surface area contributed by atoms with Crippen molar-refractivity contribution in [2.75, 3.05) is 39.5 Å². The van der Waals surface area contributed by atoms with Gasteiger partial charge in [0, 0.05) is 12.8 Å². The van der Waals surface area contributed by atoms with Crippen LogP contribution in [0.1, 0.15) is 18.4 Å². The summed E-state index contributed by atoms with van der Waals surface area (Å²) in [5.74, 6) is -9.70. The quantitative estimate of drug-likeness (QED) is 0.0498. The second-order valence-corrected chi connectivity index (χ2v) is 10.7. The molecule has 0 bridgehead atoms. The van der Waals surface area contributed by atoms with Gasteiger partial charge in [-0.15, -0.1) is 0 Å². The zero-order valence-electron chi connectivity index (χ0n) is 27.1. The molecule has 1 rings (SSSR count). The summed E-state index contributed by atoms with van der Waals surface area (Å²) < 4.78 is 0. The van der Waals surface area contributed by atoms with Crippen LogP contribution in [0.2, 0.25) is 0 Å². The summed E-state index contributed by atoms with van der Waals surface area (Å²) in [5, 5.41) is 61.1. The molecule has 0 aliphatic carbocycles. The van der Waals surface area contributed by atoms with Crippen LogP contribution in [0.5, 0.6) is 0 Å². The van der Waals surface area contributed by atoms with Crippen molar-refractivity contribution in [3.8, 4) is 0 Å². The summed E-state index contributed by atoms with van der Waals surface area (Å²) in [6, 6.07) is 0.630. The lowest BCUT2D eigenvalue weighted by Crippen LogP contribution is -2.59. The Morgan fingerprint density at radius 1 is 0.549 bits per heavy atom. The third-order valence-electron chi connectivity index (χ3n) is 6.66. The second-order valence-electron chi connectivity index (χ2n) is 10.7. The first kappa shape index (κ1) is 43.3. The third kappa shape index (κ3) is 17.0. The highest BCUT2D eigenvalue weighted by molar-refractivity contribution is 5.96. The van der Waals surface area contributed by atoms with Gasteiger partial charge in [-0.2, -0.15) is 0 Å². The molecule has 5 unspecified atom stereocenters. The van der Waals surface area contributed by atoms with Crippen LogP contribution in [0.3, 0.4) is 0 Å². The van der Waals surface area contributed by atoms with Crippen molar-refractivity contribution in [1.82, 2.24) is 37.2 Å². The van der Waals surface area contributed by atoms with Gasteiger partial charge >= 0.3 is 11.9 Å². The number of aliphatic hydroxyl groups excluding tert-OH is 3. The maximum atomic E-state index is 13.3. The van der Waals surface area contributed by atoms with Crippen molar-refractivity contribution < 1.29 is 68.7 Å². The lowest BCUT2D eigenvalue weighted by molar-refractivity contribution is -0.139. The topological polar surface area (TPSA) is 365 Å². The fourth-order valence-electron chi connectivity index (χ4n) is 3.95. The molecule has 0 heterocycles. The van der Waals surface area contributed by atoms with Crippen LogP contribution in [0, 0.1) is 0 Å². The largest absolute Gasteiger partial charge is 0.481 e. The number of hydrogen-bond acceptors (Lipinski definition) is 13. The molecule has 1 aromatic carbocycles. The highest BCUT2D eigenvalue weighted by Gasteiger charge is 2.31. The number of carboxylic acid groups (broad SMARTS) is 2. The van der Waals surface area contributed by atoms with E-state index in [1.54, 1.807) is 30.3 Å². The highest BCUT2D eigenvalue weighted by Crippen LogP contribution is 2.06. The number of nitrogens with one attached hydrogen (secondary N) is 7. The number of carbonyl (C=O) groups is 9. The Kier molecular flexibility index (Phi) is 19.4. The van der Waals surface area contributed by atoms with Crippen molar-refractivity contribution in [3.05, 3.63) is 35.9 Å². The molecular weight excluding hydrogens is 684 g/mol. The average Bonchev–Trinajstić information content (AvgIpc) is 3.10. The van der Waals surface area contributed by atoms with Crippen LogP contribution >= 0.6 is 0 Å². The molecule has 22 heteroatoms. The molecule has 0 saturated carbocycles. The molecule has 1 aromatic rings. The van der Waals surface area contributed by atoms with Crippen molar-refractivity contribution in [1.29, 1.82) is 0 Å². The van der Waals surface area contributed by atoms with Gasteiger partial charge in [0.1, 0.15) is 36.8 Å². The number of nitrogens with two attached hydrogens (primary N) is 1. The van der Waals surface area contributed by atoms with Crippen molar-refractivity contribution in [3.63, 3.8) is 0 Å². The van der Waals surface area contributed by atoms with Gasteiger partial charge in [-0.3, -0.25) is 43.2 Å². The second kappa shape index (κ2) is 22.8. The Hall–Kier alpha value is -5.71. The van der Waals surface area contributed by atoms with Crippen LogP contribution in [0.25, 0.3) is 0 Å².